The second-order valence-electron chi connectivity index (χ2n) is 5.36. The molecule has 0 aromatic rings. The van der Waals surface area contributed by atoms with Crippen molar-refractivity contribution in [3.8, 4) is 0 Å². The molecule has 0 radical (unpaired) electrons. The summed E-state index contributed by atoms with van der Waals surface area (Å²) < 4.78 is 5.32. The van der Waals surface area contributed by atoms with E-state index in [4.69, 9.17) is 4.74 Å². The highest BCUT2D eigenvalue weighted by Crippen LogP contribution is 2.24. The van der Waals surface area contributed by atoms with Crippen LogP contribution >= 0.6 is 0 Å². The smallest absolute Gasteiger partial charge is 0.410 e. The van der Waals surface area contributed by atoms with Gasteiger partial charge in [0.1, 0.15) is 5.60 Å². The Morgan fingerprint density at radius 2 is 2.19 bits per heavy atom. The molecule has 4 heteroatoms. The molecule has 0 bridgehead atoms. The number of aliphatic hydroxyl groups excluding tert-OH is 1. The summed E-state index contributed by atoms with van der Waals surface area (Å²) in [6.07, 6.45) is 1.75. The van der Waals surface area contributed by atoms with Gasteiger partial charge in [-0.05, 0) is 40.0 Å². The highest BCUT2D eigenvalue weighted by atomic mass is 16.6. The SMILES string of the molecule is CC[C@H](O)C1CCCN1C(=O)OC(C)(C)C. The van der Waals surface area contributed by atoms with Gasteiger partial charge in [-0.1, -0.05) is 6.92 Å². The molecule has 0 spiro atoms. The van der Waals surface area contributed by atoms with E-state index in [-0.39, 0.29) is 12.1 Å². The summed E-state index contributed by atoms with van der Waals surface area (Å²) in [6, 6.07) is -0.0696. The first-order valence-electron chi connectivity index (χ1n) is 6.03. The van der Waals surface area contributed by atoms with Crippen LogP contribution in [0.2, 0.25) is 0 Å². The van der Waals surface area contributed by atoms with Crippen LogP contribution < -0.4 is 0 Å². The van der Waals surface area contributed by atoms with Crippen molar-refractivity contribution in [3.63, 3.8) is 0 Å². The molecule has 0 aliphatic carbocycles. The minimum atomic E-state index is -0.471. The van der Waals surface area contributed by atoms with Gasteiger partial charge in [0.05, 0.1) is 12.1 Å². The second kappa shape index (κ2) is 5.04. The number of nitrogens with zero attached hydrogens (tertiary/aromatic N) is 1. The Morgan fingerprint density at radius 3 is 2.69 bits per heavy atom. The largest absolute Gasteiger partial charge is 0.444 e. The zero-order chi connectivity index (χ0) is 12.3. The zero-order valence-corrected chi connectivity index (χ0v) is 10.7. The van der Waals surface area contributed by atoms with Gasteiger partial charge in [-0.2, -0.15) is 0 Å². The fraction of sp³-hybridized carbons (Fsp3) is 0.917. The van der Waals surface area contributed by atoms with Gasteiger partial charge in [-0.15, -0.1) is 0 Å². The van der Waals surface area contributed by atoms with E-state index < -0.39 is 11.7 Å². The molecule has 1 heterocycles. The van der Waals surface area contributed by atoms with Crippen LogP contribution in [0.3, 0.4) is 0 Å². The predicted molar refractivity (Wildman–Crippen MR) is 62.3 cm³/mol. The van der Waals surface area contributed by atoms with Crippen molar-refractivity contribution in [1.82, 2.24) is 4.90 Å². The van der Waals surface area contributed by atoms with Crippen LogP contribution in [0.1, 0.15) is 47.0 Å². The van der Waals surface area contributed by atoms with E-state index in [1.165, 1.54) is 0 Å². The molecule has 1 fully saturated rings. The van der Waals surface area contributed by atoms with Crippen molar-refractivity contribution in [2.45, 2.75) is 64.7 Å². The highest BCUT2D eigenvalue weighted by molar-refractivity contribution is 5.69. The maximum Gasteiger partial charge on any atom is 0.410 e. The molecule has 1 amide bonds. The first kappa shape index (κ1) is 13.3. The van der Waals surface area contributed by atoms with Gasteiger partial charge in [-0.3, -0.25) is 0 Å². The molecule has 1 aliphatic rings. The van der Waals surface area contributed by atoms with E-state index in [9.17, 15) is 9.90 Å². The first-order chi connectivity index (χ1) is 7.35. The van der Waals surface area contributed by atoms with Crippen LogP contribution in [-0.2, 0) is 4.74 Å². The topological polar surface area (TPSA) is 49.8 Å². The van der Waals surface area contributed by atoms with E-state index in [0.29, 0.717) is 13.0 Å². The van der Waals surface area contributed by atoms with E-state index in [0.717, 1.165) is 12.8 Å². The molecule has 94 valence electrons. The molecule has 0 saturated carbocycles. The van der Waals surface area contributed by atoms with E-state index >= 15 is 0 Å². The Kier molecular flexibility index (Phi) is 4.19. The van der Waals surface area contributed by atoms with Crippen LogP contribution in [0.4, 0.5) is 4.79 Å². The van der Waals surface area contributed by atoms with Gasteiger partial charge in [-0.25, -0.2) is 4.79 Å². The van der Waals surface area contributed by atoms with Gasteiger partial charge in [0.15, 0.2) is 0 Å². The minimum absolute atomic E-state index is 0.0696. The molecule has 1 unspecified atom stereocenters. The monoisotopic (exact) mass is 229 g/mol. The fourth-order valence-electron chi connectivity index (χ4n) is 2.01. The number of likely N-dealkylation sites (tertiary alicyclic amines) is 1. The van der Waals surface area contributed by atoms with Crippen LogP contribution in [0.25, 0.3) is 0 Å². The quantitative estimate of drug-likeness (QED) is 0.789. The Hall–Kier alpha value is -0.770. The normalized spacial score (nSPS) is 23.3. The molecular weight excluding hydrogens is 206 g/mol. The van der Waals surface area contributed by atoms with Crippen molar-refractivity contribution in [2.24, 2.45) is 0 Å². The molecule has 16 heavy (non-hydrogen) atoms. The summed E-state index contributed by atoms with van der Waals surface area (Å²) in [4.78, 5) is 13.6. The maximum atomic E-state index is 11.9. The van der Waals surface area contributed by atoms with Crippen molar-refractivity contribution in [2.75, 3.05) is 6.54 Å². The summed E-state index contributed by atoms with van der Waals surface area (Å²) in [5, 5.41) is 9.83. The fourth-order valence-corrected chi connectivity index (χ4v) is 2.01. The van der Waals surface area contributed by atoms with Gasteiger partial charge in [0, 0.05) is 6.54 Å². The lowest BCUT2D eigenvalue weighted by molar-refractivity contribution is 0.00475. The molecule has 4 nitrogen and oxygen atoms in total. The van der Waals surface area contributed by atoms with Gasteiger partial charge >= 0.3 is 6.09 Å². The molecule has 1 saturated heterocycles. The van der Waals surface area contributed by atoms with Crippen LogP contribution in [0.5, 0.6) is 0 Å². The maximum absolute atomic E-state index is 11.9. The van der Waals surface area contributed by atoms with Crippen molar-refractivity contribution < 1.29 is 14.6 Å². The van der Waals surface area contributed by atoms with Gasteiger partial charge in [0.25, 0.3) is 0 Å². The number of ether oxygens (including phenoxy) is 1. The minimum Gasteiger partial charge on any atom is -0.444 e. The summed E-state index contributed by atoms with van der Waals surface area (Å²) in [5.74, 6) is 0. The number of carbonyl (C=O) groups is 1. The van der Waals surface area contributed by atoms with Crippen LogP contribution in [0.15, 0.2) is 0 Å². The lowest BCUT2D eigenvalue weighted by Gasteiger charge is -2.30. The van der Waals surface area contributed by atoms with Crippen LogP contribution in [-0.4, -0.2) is 40.4 Å². The molecule has 1 N–H and O–H groups in total. The molecule has 0 aromatic carbocycles. The summed E-state index contributed by atoms with van der Waals surface area (Å²) in [7, 11) is 0. The number of hydrogen-bond donors (Lipinski definition) is 1. The average Bonchev–Trinajstić information content (AvgIpc) is 2.62. The van der Waals surface area contributed by atoms with Crippen molar-refractivity contribution in [1.29, 1.82) is 0 Å². The third-order valence-corrected chi connectivity index (χ3v) is 2.79. The van der Waals surface area contributed by atoms with Crippen LogP contribution in [0, 0.1) is 0 Å². The molecule has 2 atom stereocenters. The molecule has 1 rings (SSSR count). The van der Waals surface area contributed by atoms with E-state index in [1.807, 2.05) is 27.7 Å². The summed E-state index contributed by atoms with van der Waals surface area (Å²) in [6.45, 7) is 8.18. The number of aliphatic hydroxyl groups is 1. The molecule has 1 aliphatic heterocycles. The zero-order valence-electron chi connectivity index (χ0n) is 10.7. The Labute approximate surface area is 97.6 Å². The van der Waals surface area contributed by atoms with E-state index in [1.54, 1.807) is 4.90 Å². The Morgan fingerprint density at radius 1 is 1.56 bits per heavy atom. The summed E-state index contributed by atoms with van der Waals surface area (Å²) >= 11 is 0. The average molecular weight is 229 g/mol. The molecular formula is C12H23NO3. The third kappa shape index (κ3) is 3.37. The van der Waals surface area contributed by atoms with Crippen molar-refractivity contribution >= 4 is 6.09 Å². The third-order valence-electron chi connectivity index (χ3n) is 2.79. The number of carbonyl (C=O) groups excluding carboxylic acids is 1. The van der Waals surface area contributed by atoms with Gasteiger partial charge in [0.2, 0.25) is 0 Å². The number of rotatable bonds is 2. The lowest BCUT2D eigenvalue weighted by Crippen LogP contribution is -2.44. The highest BCUT2D eigenvalue weighted by Gasteiger charge is 2.35. The number of hydrogen-bond acceptors (Lipinski definition) is 3. The Balaban J connectivity index is 2.61. The summed E-state index contributed by atoms with van der Waals surface area (Å²) in [5.41, 5.74) is -0.471. The molecule has 0 aromatic heterocycles. The number of amides is 1. The standard InChI is InChI=1S/C12H23NO3/c1-5-10(14)9-7-6-8-13(9)11(15)16-12(2,3)4/h9-10,14H,5-8H2,1-4H3/t9?,10-/m0/s1. The Bertz CT molecular complexity index is 247. The first-order valence-corrected chi connectivity index (χ1v) is 6.03. The predicted octanol–water partition coefficient (Wildman–Crippen LogP) is 2.16. The second-order valence-corrected chi connectivity index (χ2v) is 5.36. The van der Waals surface area contributed by atoms with Crippen molar-refractivity contribution in [3.05, 3.63) is 0 Å². The van der Waals surface area contributed by atoms with E-state index in [2.05, 4.69) is 0 Å². The van der Waals surface area contributed by atoms with Gasteiger partial charge < -0.3 is 14.7 Å². The lowest BCUT2D eigenvalue weighted by atomic mass is 10.1.